The molecule has 0 aliphatic rings. The van der Waals surface area contributed by atoms with Gasteiger partial charge in [0.1, 0.15) is 11.5 Å². The van der Waals surface area contributed by atoms with Crippen LogP contribution in [0.1, 0.15) is 22.6 Å². The zero-order valence-electron chi connectivity index (χ0n) is 18.0. The fraction of sp³-hybridized carbons (Fsp3) is 0.192. The maximum absolute atomic E-state index is 12.5. The molecule has 1 aromatic heterocycles. The predicted octanol–water partition coefficient (Wildman–Crippen LogP) is 5.47. The minimum atomic E-state index is -0.184. The molecule has 0 fully saturated rings. The van der Waals surface area contributed by atoms with Crippen LogP contribution in [0.4, 0.5) is 0 Å². The summed E-state index contributed by atoms with van der Waals surface area (Å²) < 4.78 is 10.9. The van der Waals surface area contributed by atoms with Crippen LogP contribution >= 0.6 is 11.6 Å². The van der Waals surface area contributed by atoms with Gasteiger partial charge in [-0.1, -0.05) is 41.9 Å². The van der Waals surface area contributed by atoms with Crippen LogP contribution in [0, 0.1) is 6.92 Å². The van der Waals surface area contributed by atoms with E-state index in [1.165, 1.54) is 0 Å². The number of rotatable bonds is 8. The Bertz CT molecular complexity index is 1220. The Morgan fingerprint density at radius 1 is 1.06 bits per heavy atom. The summed E-state index contributed by atoms with van der Waals surface area (Å²) in [5, 5.41) is 4.83. The average molecular weight is 449 g/mol. The third kappa shape index (κ3) is 4.89. The average Bonchev–Trinajstić information content (AvgIpc) is 3.24. The molecule has 5 nitrogen and oxygen atoms in total. The van der Waals surface area contributed by atoms with E-state index in [0.29, 0.717) is 17.3 Å². The van der Waals surface area contributed by atoms with E-state index in [4.69, 9.17) is 21.1 Å². The van der Waals surface area contributed by atoms with E-state index in [1.807, 2.05) is 61.7 Å². The third-order valence-electron chi connectivity index (χ3n) is 5.52. The molecule has 0 saturated carbocycles. The van der Waals surface area contributed by atoms with Gasteiger partial charge in [-0.15, -0.1) is 0 Å². The largest absolute Gasteiger partial charge is 0.497 e. The number of carbonyl (C=O) groups excluding carboxylic acids is 1. The number of hydrogen-bond donors (Lipinski definition) is 2. The maximum Gasteiger partial charge on any atom is 0.257 e. The van der Waals surface area contributed by atoms with E-state index in [-0.39, 0.29) is 18.4 Å². The summed E-state index contributed by atoms with van der Waals surface area (Å²) in [6.45, 7) is 2.27. The van der Waals surface area contributed by atoms with Gasteiger partial charge in [-0.05, 0) is 60.0 Å². The highest BCUT2D eigenvalue weighted by Crippen LogP contribution is 2.31. The van der Waals surface area contributed by atoms with Gasteiger partial charge in [-0.3, -0.25) is 4.79 Å². The maximum atomic E-state index is 12.5. The molecule has 0 saturated heterocycles. The number of halogens is 1. The van der Waals surface area contributed by atoms with E-state index in [0.717, 1.165) is 33.3 Å². The third-order valence-corrected chi connectivity index (χ3v) is 5.94. The number of amides is 1. The number of nitrogens with one attached hydrogen (secondary N) is 2. The van der Waals surface area contributed by atoms with E-state index in [9.17, 15) is 4.79 Å². The standard InChI is InChI=1S/C26H25ClN2O3/c1-17-13-20(11-12-24(17)27)32-16-26(30)29-14-22(18-7-9-19(31-2)10-8-18)23-15-28-25-6-4-3-5-21(23)25/h3-13,15,22,28H,14,16H2,1-2H3,(H,29,30)/t22-/m0/s1. The van der Waals surface area contributed by atoms with Gasteiger partial charge in [-0.25, -0.2) is 0 Å². The fourth-order valence-electron chi connectivity index (χ4n) is 3.75. The summed E-state index contributed by atoms with van der Waals surface area (Å²) in [7, 11) is 1.65. The van der Waals surface area contributed by atoms with Crippen LogP contribution in [-0.2, 0) is 4.79 Å². The Hall–Kier alpha value is -3.44. The van der Waals surface area contributed by atoms with Crippen molar-refractivity contribution < 1.29 is 14.3 Å². The van der Waals surface area contributed by atoms with E-state index >= 15 is 0 Å². The van der Waals surface area contributed by atoms with Crippen molar-refractivity contribution in [3.05, 3.63) is 94.6 Å². The first-order chi connectivity index (χ1) is 15.5. The molecule has 0 aliphatic heterocycles. The van der Waals surface area contributed by atoms with Crippen molar-refractivity contribution in [3.8, 4) is 11.5 Å². The number of aromatic amines is 1. The Kier molecular flexibility index (Phi) is 6.66. The Labute approximate surface area is 192 Å². The zero-order valence-corrected chi connectivity index (χ0v) is 18.8. The lowest BCUT2D eigenvalue weighted by Gasteiger charge is -2.19. The molecule has 1 heterocycles. The molecule has 0 aliphatic carbocycles. The molecule has 0 bridgehead atoms. The summed E-state index contributed by atoms with van der Waals surface area (Å²) in [4.78, 5) is 15.9. The van der Waals surface area contributed by atoms with Crippen molar-refractivity contribution in [2.45, 2.75) is 12.8 Å². The molecule has 4 aromatic rings. The lowest BCUT2D eigenvalue weighted by atomic mass is 9.91. The summed E-state index contributed by atoms with van der Waals surface area (Å²) >= 11 is 6.05. The molecule has 6 heteroatoms. The quantitative estimate of drug-likeness (QED) is 0.376. The Morgan fingerprint density at radius 3 is 2.56 bits per heavy atom. The van der Waals surface area contributed by atoms with Crippen LogP contribution in [0.3, 0.4) is 0 Å². The molecule has 1 amide bonds. The molecule has 32 heavy (non-hydrogen) atoms. The van der Waals surface area contributed by atoms with Crippen LogP contribution < -0.4 is 14.8 Å². The molecule has 164 valence electrons. The molecule has 0 unspecified atom stereocenters. The SMILES string of the molecule is COc1ccc([C@H](CNC(=O)COc2ccc(Cl)c(C)c2)c2c[nH]c3ccccc23)cc1. The van der Waals surface area contributed by atoms with E-state index in [2.05, 4.69) is 16.4 Å². The van der Waals surface area contributed by atoms with Gasteiger partial charge in [0.15, 0.2) is 6.61 Å². The lowest BCUT2D eigenvalue weighted by Crippen LogP contribution is -2.32. The lowest BCUT2D eigenvalue weighted by molar-refractivity contribution is -0.123. The number of aromatic nitrogens is 1. The number of carbonyl (C=O) groups is 1. The van der Waals surface area contributed by atoms with Gasteiger partial charge in [0.05, 0.1) is 7.11 Å². The van der Waals surface area contributed by atoms with Crippen molar-refractivity contribution in [3.63, 3.8) is 0 Å². The highest BCUT2D eigenvalue weighted by molar-refractivity contribution is 6.31. The van der Waals surface area contributed by atoms with Gasteiger partial charge in [-0.2, -0.15) is 0 Å². The molecule has 1 atom stereocenters. The topological polar surface area (TPSA) is 63.4 Å². The molecule has 0 spiro atoms. The summed E-state index contributed by atoms with van der Waals surface area (Å²) in [6, 6.07) is 21.4. The van der Waals surface area contributed by atoms with Gasteiger partial charge >= 0.3 is 0 Å². The number of methoxy groups -OCH3 is 1. The van der Waals surface area contributed by atoms with Gasteiger partial charge < -0.3 is 19.8 Å². The second-order valence-electron chi connectivity index (χ2n) is 7.62. The summed E-state index contributed by atoms with van der Waals surface area (Å²) in [5.41, 5.74) is 4.18. The van der Waals surface area contributed by atoms with Crippen LogP contribution in [0.5, 0.6) is 11.5 Å². The number of benzene rings is 3. The monoisotopic (exact) mass is 448 g/mol. The van der Waals surface area contributed by atoms with Crippen molar-refractivity contribution in [1.82, 2.24) is 10.3 Å². The van der Waals surface area contributed by atoms with Crippen molar-refractivity contribution in [2.24, 2.45) is 0 Å². The smallest absolute Gasteiger partial charge is 0.257 e. The van der Waals surface area contributed by atoms with E-state index in [1.54, 1.807) is 19.2 Å². The minimum absolute atomic E-state index is 0.0289. The number of para-hydroxylation sites is 1. The summed E-state index contributed by atoms with van der Waals surface area (Å²) in [6.07, 6.45) is 2.01. The predicted molar refractivity (Wildman–Crippen MR) is 128 cm³/mol. The van der Waals surface area contributed by atoms with Crippen molar-refractivity contribution in [2.75, 3.05) is 20.3 Å². The number of hydrogen-bond acceptors (Lipinski definition) is 3. The number of fused-ring (bicyclic) bond motifs is 1. The first-order valence-electron chi connectivity index (χ1n) is 10.4. The first-order valence-corrected chi connectivity index (χ1v) is 10.8. The normalized spacial score (nSPS) is 11.8. The first kappa shape index (κ1) is 21.8. The van der Waals surface area contributed by atoms with Crippen molar-refractivity contribution in [1.29, 1.82) is 0 Å². The molecular formula is C26H25ClN2O3. The number of ether oxygens (including phenoxy) is 2. The van der Waals surface area contributed by atoms with Crippen LogP contribution in [0.25, 0.3) is 10.9 Å². The second kappa shape index (κ2) is 9.79. The van der Waals surface area contributed by atoms with Gasteiger partial charge in [0.2, 0.25) is 0 Å². The molecule has 0 radical (unpaired) electrons. The van der Waals surface area contributed by atoms with Crippen LogP contribution in [-0.4, -0.2) is 31.2 Å². The van der Waals surface area contributed by atoms with Crippen LogP contribution in [0.15, 0.2) is 72.9 Å². The molecule has 2 N–H and O–H groups in total. The van der Waals surface area contributed by atoms with Gasteiger partial charge in [0.25, 0.3) is 5.91 Å². The van der Waals surface area contributed by atoms with Crippen LogP contribution in [0.2, 0.25) is 5.02 Å². The van der Waals surface area contributed by atoms with Crippen molar-refractivity contribution >= 4 is 28.4 Å². The summed E-state index contributed by atoms with van der Waals surface area (Å²) in [5.74, 6) is 1.20. The minimum Gasteiger partial charge on any atom is -0.497 e. The Balaban J connectivity index is 1.50. The number of aryl methyl sites for hydroxylation is 1. The molecular weight excluding hydrogens is 424 g/mol. The Morgan fingerprint density at radius 2 is 1.81 bits per heavy atom. The molecule has 4 rings (SSSR count). The highest BCUT2D eigenvalue weighted by Gasteiger charge is 2.19. The highest BCUT2D eigenvalue weighted by atomic mass is 35.5. The van der Waals surface area contributed by atoms with Gasteiger partial charge in [0, 0.05) is 34.6 Å². The fourth-order valence-corrected chi connectivity index (χ4v) is 3.87. The number of H-pyrrole nitrogens is 1. The zero-order chi connectivity index (χ0) is 22.5. The molecule has 3 aromatic carbocycles. The van der Waals surface area contributed by atoms with E-state index < -0.39 is 0 Å². The second-order valence-corrected chi connectivity index (χ2v) is 8.03.